The number of aliphatic hydroxyl groups is 1. The Kier molecular flexibility index (Phi) is 5.50. The number of rotatable bonds is 5. The summed E-state index contributed by atoms with van der Waals surface area (Å²) in [6.45, 7) is 1.90. The summed E-state index contributed by atoms with van der Waals surface area (Å²) in [5.41, 5.74) is 0. The lowest BCUT2D eigenvalue weighted by atomic mass is 9.99. The fraction of sp³-hybridized carbons (Fsp3) is 0.857. The van der Waals surface area contributed by atoms with Crippen LogP contribution in [0.15, 0.2) is 0 Å². The first kappa shape index (κ1) is 10.9. The van der Waals surface area contributed by atoms with Crippen LogP contribution in [0.3, 0.4) is 0 Å². The Bertz CT molecular complexity index is 127. The Labute approximate surface area is 74.5 Å². The number of aliphatic hydroxyl groups excluding tert-OH is 1. The molecule has 0 aromatic heterocycles. The molecule has 2 unspecified atom stereocenters. The van der Waals surface area contributed by atoms with Crippen LogP contribution in [0.2, 0.25) is 0 Å². The van der Waals surface area contributed by atoms with Crippen molar-refractivity contribution in [3.8, 4) is 0 Å². The van der Waals surface area contributed by atoms with Gasteiger partial charge < -0.3 is 10.2 Å². The van der Waals surface area contributed by atoms with E-state index in [4.69, 9.17) is 5.11 Å². The Balaban J connectivity index is 3.97. The second kappa shape index (κ2) is 5.55. The molecule has 0 amide bonds. The van der Waals surface area contributed by atoms with Crippen molar-refractivity contribution in [1.82, 2.24) is 0 Å². The predicted octanol–water partition coefficient (Wildman–Crippen LogP) is 1.24. The zero-order valence-electron chi connectivity index (χ0n) is 6.46. The van der Waals surface area contributed by atoms with Crippen LogP contribution in [-0.2, 0) is 4.79 Å². The molecule has 0 heterocycles. The maximum absolute atomic E-state index is 10.5. The molecular weight excluding hydrogens is 212 g/mol. The number of carbonyl (C=O) groups is 1. The zero-order valence-corrected chi connectivity index (χ0v) is 8.04. The molecule has 0 bridgehead atoms. The lowest BCUT2D eigenvalue weighted by molar-refractivity contribution is -0.145. The lowest BCUT2D eigenvalue weighted by Gasteiger charge is -2.15. The molecule has 2 atom stereocenters. The third kappa shape index (κ3) is 3.72. The highest BCUT2D eigenvalue weighted by atomic mass is 79.9. The molecule has 2 N–H and O–H groups in total. The topological polar surface area (TPSA) is 57.5 Å². The van der Waals surface area contributed by atoms with Gasteiger partial charge in [0, 0.05) is 5.33 Å². The van der Waals surface area contributed by atoms with E-state index >= 15 is 0 Å². The lowest BCUT2D eigenvalue weighted by Crippen LogP contribution is -2.29. The van der Waals surface area contributed by atoms with Crippen molar-refractivity contribution in [3.63, 3.8) is 0 Å². The van der Waals surface area contributed by atoms with Gasteiger partial charge in [-0.2, -0.15) is 0 Å². The van der Waals surface area contributed by atoms with Crippen LogP contribution in [0.5, 0.6) is 0 Å². The van der Waals surface area contributed by atoms with Gasteiger partial charge in [-0.05, 0) is 6.42 Å². The van der Waals surface area contributed by atoms with Gasteiger partial charge in [0.2, 0.25) is 0 Å². The Morgan fingerprint density at radius 1 is 1.64 bits per heavy atom. The van der Waals surface area contributed by atoms with Crippen molar-refractivity contribution in [2.45, 2.75) is 25.9 Å². The molecule has 0 spiro atoms. The molecule has 0 aliphatic carbocycles. The van der Waals surface area contributed by atoms with Crippen molar-refractivity contribution in [3.05, 3.63) is 0 Å². The van der Waals surface area contributed by atoms with Gasteiger partial charge in [-0.3, -0.25) is 4.79 Å². The third-order valence-electron chi connectivity index (χ3n) is 1.54. The van der Waals surface area contributed by atoms with Crippen molar-refractivity contribution in [2.75, 3.05) is 5.33 Å². The van der Waals surface area contributed by atoms with Crippen molar-refractivity contribution >= 4 is 21.9 Å². The van der Waals surface area contributed by atoms with Gasteiger partial charge in [-0.25, -0.2) is 0 Å². The second-order valence-electron chi connectivity index (χ2n) is 2.46. The fourth-order valence-corrected chi connectivity index (χ4v) is 1.35. The largest absolute Gasteiger partial charge is 0.481 e. The minimum absolute atomic E-state index is 0.323. The normalized spacial score (nSPS) is 15.9. The number of halogens is 1. The molecule has 0 aromatic carbocycles. The molecule has 66 valence electrons. The number of alkyl halides is 1. The number of hydrogen-bond donors (Lipinski definition) is 2. The summed E-state index contributed by atoms with van der Waals surface area (Å²) in [7, 11) is 0. The summed E-state index contributed by atoms with van der Waals surface area (Å²) in [6, 6.07) is 0. The summed E-state index contributed by atoms with van der Waals surface area (Å²) in [6.07, 6.45) is 0.538. The van der Waals surface area contributed by atoms with Crippen LogP contribution in [0, 0.1) is 5.92 Å². The van der Waals surface area contributed by atoms with Crippen LogP contribution >= 0.6 is 15.9 Å². The Morgan fingerprint density at radius 2 is 2.18 bits per heavy atom. The van der Waals surface area contributed by atoms with Gasteiger partial charge in [-0.1, -0.05) is 29.3 Å². The molecule has 3 nitrogen and oxygen atoms in total. The van der Waals surface area contributed by atoms with Crippen LogP contribution in [0.1, 0.15) is 19.8 Å². The van der Waals surface area contributed by atoms with E-state index < -0.39 is 18.0 Å². The maximum Gasteiger partial charge on any atom is 0.309 e. The summed E-state index contributed by atoms with van der Waals surface area (Å²) < 4.78 is 0. The van der Waals surface area contributed by atoms with Crippen LogP contribution < -0.4 is 0 Å². The van der Waals surface area contributed by atoms with Crippen molar-refractivity contribution < 1.29 is 15.0 Å². The monoisotopic (exact) mass is 224 g/mol. The molecule has 0 saturated carbocycles. The van der Waals surface area contributed by atoms with E-state index in [1.807, 2.05) is 6.92 Å². The van der Waals surface area contributed by atoms with E-state index in [0.717, 1.165) is 6.42 Å². The molecule has 11 heavy (non-hydrogen) atoms. The second-order valence-corrected chi connectivity index (χ2v) is 3.10. The van der Waals surface area contributed by atoms with Crippen LogP contribution in [-0.4, -0.2) is 27.6 Å². The number of carboxylic acids is 1. The summed E-state index contributed by atoms with van der Waals surface area (Å²) >= 11 is 3.04. The highest BCUT2D eigenvalue weighted by molar-refractivity contribution is 9.09. The van der Waals surface area contributed by atoms with E-state index in [0.29, 0.717) is 11.8 Å². The number of aliphatic carboxylic acids is 1. The number of carboxylic acid groups (broad SMARTS) is 1. The van der Waals surface area contributed by atoms with E-state index in [-0.39, 0.29) is 0 Å². The maximum atomic E-state index is 10.5. The Morgan fingerprint density at radius 3 is 2.45 bits per heavy atom. The predicted molar refractivity (Wildman–Crippen MR) is 45.8 cm³/mol. The highest BCUT2D eigenvalue weighted by Crippen LogP contribution is 2.13. The van der Waals surface area contributed by atoms with Gasteiger partial charge >= 0.3 is 5.97 Å². The minimum Gasteiger partial charge on any atom is -0.481 e. The van der Waals surface area contributed by atoms with Crippen LogP contribution in [0.4, 0.5) is 0 Å². The molecule has 0 fully saturated rings. The summed E-state index contributed by atoms with van der Waals surface area (Å²) in [5.74, 6) is -1.54. The van der Waals surface area contributed by atoms with Gasteiger partial charge in [0.25, 0.3) is 0 Å². The first-order chi connectivity index (χ1) is 5.13. The third-order valence-corrected chi connectivity index (χ3v) is 2.20. The standard InChI is InChI=1S/C7H13BrO3/c1-2-3-5(7(10)11)6(9)4-8/h5-6,9H,2-4H2,1H3,(H,10,11). The molecule has 0 aliphatic heterocycles. The first-order valence-electron chi connectivity index (χ1n) is 3.60. The SMILES string of the molecule is CCCC(C(=O)O)C(O)CBr. The minimum atomic E-state index is -0.918. The Hall–Kier alpha value is -0.0900. The van der Waals surface area contributed by atoms with E-state index in [1.165, 1.54) is 0 Å². The van der Waals surface area contributed by atoms with Gasteiger partial charge in [0.05, 0.1) is 12.0 Å². The zero-order chi connectivity index (χ0) is 8.85. The summed E-state index contributed by atoms with van der Waals surface area (Å²) in [4.78, 5) is 10.5. The highest BCUT2D eigenvalue weighted by Gasteiger charge is 2.24. The smallest absolute Gasteiger partial charge is 0.309 e. The van der Waals surface area contributed by atoms with Gasteiger partial charge in [0.15, 0.2) is 0 Å². The molecule has 4 heteroatoms. The average Bonchev–Trinajstić information content (AvgIpc) is 1.98. The first-order valence-corrected chi connectivity index (χ1v) is 4.72. The molecule has 0 rings (SSSR count). The van der Waals surface area contributed by atoms with Gasteiger partial charge in [0.1, 0.15) is 0 Å². The van der Waals surface area contributed by atoms with Crippen molar-refractivity contribution in [1.29, 1.82) is 0 Å². The van der Waals surface area contributed by atoms with Gasteiger partial charge in [-0.15, -0.1) is 0 Å². The van der Waals surface area contributed by atoms with Crippen molar-refractivity contribution in [2.24, 2.45) is 5.92 Å². The van der Waals surface area contributed by atoms with E-state index in [9.17, 15) is 9.90 Å². The molecule has 0 aliphatic rings. The van der Waals surface area contributed by atoms with Crippen LogP contribution in [0.25, 0.3) is 0 Å². The van der Waals surface area contributed by atoms with E-state index in [1.54, 1.807) is 0 Å². The molecule has 0 radical (unpaired) electrons. The average molecular weight is 225 g/mol. The fourth-order valence-electron chi connectivity index (χ4n) is 0.899. The summed E-state index contributed by atoms with van der Waals surface area (Å²) in [5, 5.41) is 18.1. The quantitative estimate of drug-likeness (QED) is 0.692. The molecular formula is C7H13BrO3. The van der Waals surface area contributed by atoms with E-state index in [2.05, 4.69) is 15.9 Å². The molecule has 0 aromatic rings. The number of hydrogen-bond acceptors (Lipinski definition) is 2. The molecule has 0 saturated heterocycles.